The van der Waals surface area contributed by atoms with E-state index in [-0.39, 0.29) is 12.5 Å². The van der Waals surface area contributed by atoms with Crippen LogP contribution < -0.4 is 5.32 Å². The SMILES string of the molecule is CC(=O)N1CCCC(O)(C(=O)NCCc2cc3ccccc3[nH]2)C1. The molecule has 1 saturated heterocycles. The average molecular weight is 329 g/mol. The number of aliphatic hydroxyl groups is 1. The number of hydrogen-bond donors (Lipinski definition) is 3. The molecule has 2 aromatic rings. The summed E-state index contributed by atoms with van der Waals surface area (Å²) in [7, 11) is 0. The van der Waals surface area contributed by atoms with E-state index in [4.69, 9.17) is 0 Å². The lowest BCUT2D eigenvalue weighted by molar-refractivity contribution is -0.150. The van der Waals surface area contributed by atoms with Crippen LogP contribution in [-0.4, -0.2) is 52.0 Å². The standard InChI is InChI=1S/C18H23N3O3/c1-13(22)21-10-4-8-18(24,12-21)17(23)19-9-7-15-11-14-5-2-3-6-16(14)20-15/h2-3,5-6,11,20,24H,4,7-10,12H2,1H3,(H,19,23). The van der Waals surface area contributed by atoms with E-state index in [1.165, 1.54) is 11.8 Å². The Morgan fingerprint density at radius 2 is 2.17 bits per heavy atom. The molecule has 0 saturated carbocycles. The normalized spacial score (nSPS) is 21.0. The number of aromatic nitrogens is 1. The van der Waals surface area contributed by atoms with Crippen LogP contribution in [0.2, 0.25) is 0 Å². The van der Waals surface area contributed by atoms with Gasteiger partial charge in [0.15, 0.2) is 5.60 Å². The number of likely N-dealkylation sites (tertiary alicyclic amines) is 1. The highest BCUT2D eigenvalue weighted by Crippen LogP contribution is 2.21. The van der Waals surface area contributed by atoms with Gasteiger partial charge in [0.25, 0.3) is 5.91 Å². The Bertz CT molecular complexity index is 722. The van der Waals surface area contributed by atoms with Crippen molar-refractivity contribution < 1.29 is 14.7 Å². The first-order chi connectivity index (χ1) is 11.5. The lowest BCUT2D eigenvalue weighted by atomic mass is 9.91. The molecule has 2 amide bonds. The van der Waals surface area contributed by atoms with E-state index in [1.54, 1.807) is 0 Å². The maximum atomic E-state index is 12.3. The number of benzene rings is 1. The first-order valence-corrected chi connectivity index (χ1v) is 8.31. The number of hydrogen-bond acceptors (Lipinski definition) is 3. The number of carbonyl (C=O) groups is 2. The molecule has 0 bridgehead atoms. The minimum Gasteiger partial charge on any atom is -0.378 e. The van der Waals surface area contributed by atoms with Crippen LogP contribution in [0.1, 0.15) is 25.5 Å². The van der Waals surface area contributed by atoms with Gasteiger partial charge in [-0.05, 0) is 30.4 Å². The first kappa shape index (κ1) is 16.5. The van der Waals surface area contributed by atoms with Gasteiger partial charge in [-0.15, -0.1) is 0 Å². The highest BCUT2D eigenvalue weighted by molar-refractivity contribution is 5.86. The fraction of sp³-hybridized carbons (Fsp3) is 0.444. The smallest absolute Gasteiger partial charge is 0.253 e. The summed E-state index contributed by atoms with van der Waals surface area (Å²) in [6.45, 7) is 2.56. The largest absolute Gasteiger partial charge is 0.378 e. The van der Waals surface area contributed by atoms with Crippen molar-refractivity contribution in [3.05, 3.63) is 36.0 Å². The first-order valence-electron chi connectivity index (χ1n) is 8.31. The third-order valence-corrected chi connectivity index (χ3v) is 4.60. The van der Waals surface area contributed by atoms with Crippen LogP contribution in [0.5, 0.6) is 0 Å². The van der Waals surface area contributed by atoms with E-state index in [1.807, 2.05) is 24.3 Å². The van der Waals surface area contributed by atoms with Gasteiger partial charge in [0.05, 0.1) is 6.54 Å². The molecule has 6 nitrogen and oxygen atoms in total. The Morgan fingerprint density at radius 3 is 2.92 bits per heavy atom. The Morgan fingerprint density at radius 1 is 1.38 bits per heavy atom. The number of β-amino-alcohol motifs (C(OH)–C–C–N with tert-alkyl or cyclic N) is 1. The second-order valence-corrected chi connectivity index (χ2v) is 6.46. The third-order valence-electron chi connectivity index (χ3n) is 4.60. The molecule has 3 rings (SSSR count). The van der Waals surface area contributed by atoms with Gasteiger partial charge in [0.1, 0.15) is 0 Å². The lowest BCUT2D eigenvalue weighted by Gasteiger charge is -2.37. The molecule has 1 aromatic carbocycles. The molecule has 1 fully saturated rings. The summed E-state index contributed by atoms with van der Waals surface area (Å²) in [5, 5.41) is 14.5. The quantitative estimate of drug-likeness (QED) is 0.788. The monoisotopic (exact) mass is 329 g/mol. The van der Waals surface area contributed by atoms with Crippen LogP contribution in [0.4, 0.5) is 0 Å². The highest BCUT2D eigenvalue weighted by atomic mass is 16.3. The number of piperidine rings is 1. The van der Waals surface area contributed by atoms with Crippen LogP contribution in [0.3, 0.4) is 0 Å². The molecule has 128 valence electrons. The van der Waals surface area contributed by atoms with Crippen LogP contribution in [-0.2, 0) is 16.0 Å². The van der Waals surface area contributed by atoms with Crippen molar-refractivity contribution in [1.82, 2.24) is 15.2 Å². The van der Waals surface area contributed by atoms with Crippen molar-refractivity contribution in [3.8, 4) is 0 Å². The molecule has 0 radical (unpaired) electrons. The molecule has 2 heterocycles. The van der Waals surface area contributed by atoms with Gasteiger partial charge >= 0.3 is 0 Å². The van der Waals surface area contributed by atoms with Crippen LogP contribution in [0.25, 0.3) is 10.9 Å². The zero-order valence-corrected chi connectivity index (χ0v) is 13.8. The Labute approximate surface area is 140 Å². The van der Waals surface area contributed by atoms with Gasteiger partial charge in [-0.2, -0.15) is 0 Å². The van der Waals surface area contributed by atoms with Crippen molar-refractivity contribution in [2.75, 3.05) is 19.6 Å². The summed E-state index contributed by atoms with van der Waals surface area (Å²) in [4.78, 5) is 28.7. The minimum absolute atomic E-state index is 0.0700. The minimum atomic E-state index is -1.48. The van der Waals surface area contributed by atoms with Crippen LogP contribution >= 0.6 is 0 Å². The van der Waals surface area contributed by atoms with Crippen molar-refractivity contribution in [3.63, 3.8) is 0 Å². The number of rotatable bonds is 4. The van der Waals surface area contributed by atoms with Crippen LogP contribution in [0, 0.1) is 0 Å². The second-order valence-electron chi connectivity index (χ2n) is 6.46. The number of H-pyrrole nitrogens is 1. The Balaban J connectivity index is 1.55. The number of nitrogens with zero attached hydrogens (tertiary/aromatic N) is 1. The number of nitrogens with one attached hydrogen (secondary N) is 2. The second kappa shape index (κ2) is 6.65. The number of aromatic amines is 1. The van der Waals surface area contributed by atoms with E-state index in [0.29, 0.717) is 32.4 Å². The van der Waals surface area contributed by atoms with E-state index in [0.717, 1.165) is 16.6 Å². The molecule has 0 spiro atoms. The molecule has 24 heavy (non-hydrogen) atoms. The van der Waals surface area contributed by atoms with Gasteiger partial charge in [-0.1, -0.05) is 18.2 Å². The number of para-hydroxylation sites is 1. The van der Waals surface area contributed by atoms with E-state index < -0.39 is 11.5 Å². The highest BCUT2D eigenvalue weighted by Gasteiger charge is 2.40. The summed E-state index contributed by atoms with van der Waals surface area (Å²) in [6.07, 6.45) is 1.67. The molecular formula is C18H23N3O3. The van der Waals surface area contributed by atoms with E-state index >= 15 is 0 Å². The van der Waals surface area contributed by atoms with E-state index in [9.17, 15) is 14.7 Å². The molecule has 3 N–H and O–H groups in total. The van der Waals surface area contributed by atoms with Gasteiger partial charge < -0.3 is 20.3 Å². The van der Waals surface area contributed by atoms with Crippen molar-refractivity contribution in [2.24, 2.45) is 0 Å². The molecular weight excluding hydrogens is 306 g/mol. The van der Waals surface area contributed by atoms with Crippen molar-refractivity contribution >= 4 is 22.7 Å². The predicted molar refractivity (Wildman–Crippen MR) is 91.5 cm³/mol. The maximum absolute atomic E-state index is 12.3. The average Bonchev–Trinajstić information content (AvgIpc) is 2.97. The Hall–Kier alpha value is -2.34. The summed E-state index contributed by atoms with van der Waals surface area (Å²) < 4.78 is 0. The lowest BCUT2D eigenvalue weighted by Crippen LogP contribution is -2.58. The van der Waals surface area contributed by atoms with Gasteiger partial charge in [0.2, 0.25) is 5.91 Å². The van der Waals surface area contributed by atoms with Crippen molar-refractivity contribution in [1.29, 1.82) is 0 Å². The van der Waals surface area contributed by atoms with Crippen LogP contribution in [0.15, 0.2) is 30.3 Å². The fourth-order valence-electron chi connectivity index (χ4n) is 3.23. The fourth-order valence-corrected chi connectivity index (χ4v) is 3.23. The summed E-state index contributed by atoms with van der Waals surface area (Å²) in [5.74, 6) is -0.511. The summed E-state index contributed by atoms with van der Waals surface area (Å²) in [5.41, 5.74) is 0.629. The Kier molecular flexibility index (Phi) is 4.57. The molecule has 1 aliphatic rings. The molecule has 1 atom stereocenters. The number of amides is 2. The molecule has 1 unspecified atom stereocenters. The topological polar surface area (TPSA) is 85.4 Å². The maximum Gasteiger partial charge on any atom is 0.253 e. The molecule has 0 aliphatic carbocycles. The van der Waals surface area contributed by atoms with E-state index in [2.05, 4.69) is 16.4 Å². The summed E-state index contributed by atoms with van der Waals surface area (Å²) >= 11 is 0. The predicted octanol–water partition coefficient (Wildman–Crippen LogP) is 1.20. The van der Waals surface area contributed by atoms with Gasteiger partial charge in [0, 0.05) is 37.6 Å². The van der Waals surface area contributed by atoms with Gasteiger partial charge in [-0.3, -0.25) is 9.59 Å². The van der Waals surface area contributed by atoms with Crippen molar-refractivity contribution in [2.45, 2.75) is 31.8 Å². The third kappa shape index (κ3) is 3.43. The molecule has 1 aliphatic heterocycles. The zero-order chi connectivity index (χ0) is 17.2. The number of carbonyl (C=O) groups excluding carboxylic acids is 2. The molecule has 6 heteroatoms. The zero-order valence-electron chi connectivity index (χ0n) is 13.8. The van der Waals surface area contributed by atoms with Gasteiger partial charge in [-0.25, -0.2) is 0 Å². The molecule has 1 aromatic heterocycles. The number of fused-ring (bicyclic) bond motifs is 1. The summed E-state index contributed by atoms with van der Waals surface area (Å²) in [6, 6.07) is 10.1.